The molecule has 90 valence electrons. The monoisotopic (exact) mass is 231 g/mol. The number of rotatable bonds is 3. The van der Waals surface area contributed by atoms with Crippen molar-refractivity contribution in [2.24, 2.45) is 7.05 Å². The quantitative estimate of drug-likeness (QED) is 0.882. The largest absolute Gasteiger partial charge is 0.494 e. The van der Waals surface area contributed by atoms with Gasteiger partial charge in [-0.2, -0.15) is 5.10 Å². The molecule has 17 heavy (non-hydrogen) atoms. The van der Waals surface area contributed by atoms with E-state index in [2.05, 4.69) is 11.2 Å². The zero-order chi connectivity index (χ0) is 12.4. The summed E-state index contributed by atoms with van der Waals surface area (Å²) in [4.78, 5) is 0. The summed E-state index contributed by atoms with van der Waals surface area (Å²) in [5.74, 6) is 1.47. The van der Waals surface area contributed by atoms with E-state index in [1.165, 1.54) is 0 Å². The summed E-state index contributed by atoms with van der Waals surface area (Å²) in [5, 5.41) is 4.14. The third-order valence-corrected chi connectivity index (χ3v) is 2.64. The van der Waals surface area contributed by atoms with Crippen LogP contribution in [0.3, 0.4) is 0 Å². The van der Waals surface area contributed by atoms with Crippen LogP contribution in [0.4, 0.5) is 5.82 Å². The summed E-state index contributed by atoms with van der Waals surface area (Å²) in [5.41, 5.74) is 8.98. The highest BCUT2D eigenvalue weighted by Gasteiger charge is 2.08. The molecule has 0 saturated heterocycles. The second-order valence-corrected chi connectivity index (χ2v) is 4.01. The summed E-state index contributed by atoms with van der Waals surface area (Å²) in [6.07, 6.45) is 1.92. The molecular weight excluding hydrogens is 214 g/mol. The van der Waals surface area contributed by atoms with Crippen molar-refractivity contribution in [2.45, 2.75) is 13.8 Å². The minimum absolute atomic E-state index is 0.552. The minimum Gasteiger partial charge on any atom is -0.494 e. The number of nitrogens with two attached hydrogens (primary N) is 1. The average Bonchev–Trinajstić information content (AvgIpc) is 2.61. The van der Waals surface area contributed by atoms with Gasteiger partial charge in [-0.1, -0.05) is 6.07 Å². The van der Waals surface area contributed by atoms with Gasteiger partial charge in [0.25, 0.3) is 0 Å². The summed E-state index contributed by atoms with van der Waals surface area (Å²) in [6, 6.07) is 6.05. The molecule has 1 aromatic heterocycles. The zero-order valence-electron chi connectivity index (χ0n) is 10.4. The van der Waals surface area contributed by atoms with Crippen LogP contribution in [0.25, 0.3) is 11.1 Å². The second-order valence-electron chi connectivity index (χ2n) is 4.01. The van der Waals surface area contributed by atoms with Crippen LogP contribution in [0.1, 0.15) is 12.5 Å². The molecule has 0 aliphatic heterocycles. The van der Waals surface area contributed by atoms with Gasteiger partial charge < -0.3 is 10.5 Å². The maximum atomic E-state index is 5.86. The standard InChI is InChI=1S/C13H17N3O/c1-4-17-12-6-5-10(7-9(12)2)11-8-16(3)15-13(11)14/h5-8H,4H2,1-3H3,(H2,14,15). The van der Waals surface area contributed by atoms with Crippen LogP contribution in [0.15, 0.2) is 24.4 Å². The minimum atomic E-state index is 0.552. The number of anilines is 1. The molecule has 4 nitrogen and oxygen atoms in total. The Hall–Kier alpha value is -1.97. The van der Waals surface area contributed by atoms with Crippen LogP contribution in [-0.2, 0) is 7.05 Å². The van der Waals surface area contributed by atoms with E-state index < -0.39 is 0 Å². The SMILES string of the molecule is CCOc1ccc(-c2cn(C)nc2N)cc1C. The molecule has 0 aliphatic carbocycles. The van der Waals surface area contributed by atoms with Gasteiger partial charge in [-0.05, 0) is 37.1 Å². The van der Waals surface area contributed by atoms with Gasteiger partial charge in [0.15, 0.2) is 5.82 Å². The van der Waals surface area contributed by atoms with Gasteiger partial charge in [0.2, 0.25) is 0 Å². The van der Waals surface area contributed by atoms with E-state index in [1.54, 1.807) is 4.68 Å². The van der Waals surface area contributed by atoms with Gasteiger partial charge in [-0.3, -0.25) is 4.68 Å². The lowest BCUT2D eigenvalue weighted by Gasteiger charge is -2.08. The smallest absolute Gasteiger partial charge is 0.153 e. The normalized spacial score (nSPS) is 10.5. The molecule has 2 rings (SSSR count). The molecule has 0 unspecified atom stereocenters. The van der Waals surface area contributed by atoms with Crippen molar-refractivity contribution in [1.29, 1.82) is 0 Å². The Morgan fingerprint density at radius 2 is 2.18 bits per heavy atom. The number of aromatic nitrogens is 2. The predicted octanol–water partition coefficient (Wildman–Crippen LogP) is 2.38. The summed E-state index contributed by atoms with van der Waals surface area (Å²) < 4.78 is 7.23. The number of nitrogens with zero attached hydrogens (tertiary/aromatic N) is 2. The third kappa shape index (κ3) is 2.25. The first-order valence-corrected chi connectivity index (χ1v) is 5.64. The van der Waals surface area contributed by atoms with Gasteiger partial charge in [0.1, 0.15) is 5.75 Å². The third-order valence-electron chi connectivity index (χ3n) is 2.64. The van der Waals surface area contributed by atoms with Crippen LogP contribution in [-0.4, -0.2) is 16.4 Å². The highest BCUT2D eigenvalue weighted by atomic mass is 16.5. The van der Waals surface area contributed by atoms with E-state index in [9.17, 15) is 0 Å². The Kier molecular flexibility index (Phi) is 3.04. The number of hydrogen-bond donors (Lipinski definition) is 1. The van der Waals surface area contributed by atoms with Crippen LogP contribution >= 0.6 is 0 Å². The number of benzene rings is 1. The first kappa shape index (κ1) is 11.5. The molecule has 1 heterocycles. The Morgan fingerprint density at radius 3 is 2.71 bits per heavy atom. The fourth-order valence-corrected chi connectivity index (χ4v) is 1.86. The van der Waals surface area contributed by atoms with E-state index in [-0.39, 0.29) is 0 Å². The van der Waals surface area contributed by atoms with Crippen molar-refractivity contribution in [2.75, 3.05) is 12.3 Å². The molecule has 2 N–H and O–H groups in total. The van der Waals surface area contributed by atoms with Crippen LogP contribution < -0.4 is 10.5 Å². The molecule has 0 saturated carbocycles. The van der Waals surface area contributed by atoms with Crippen molar-refractivity contribution < 1.29 is 4.74 Å². The number of hydrogen-bond acceptors (Lipinski definition) is 3. The fourth-order valence-electron chi connectivity index (χ4n) is 1.86. The lowest BCUT2D eigenvalue weighted by atomic mass is 10.1. The predicted molar refractivity (Wildman–Crippen MR) is 69.0 cm³/mol. The number of aryl methyl sites for hydroxylation is 2. The number of ether oxygens (including phenoxy) is 1. The molecule has 0 aliphatic rings. The van der Waals surface area contributed by atoms with Crippen LogP contribution in [0.5, 0.6) is 5.75 Å². The van der Waals surface area contributed by atoms with Gasteiger partial charge in [0, 0.05) is 18.8 Å². The van der Waals surface area contributed by atoms with E-state index >= 15 is 0 Å². The lowest BCUT2D eigenvalue weighted by molar-refractivity contribution is 0.338. The Labute approximate surface area is 101 Å². The van der Waals surface area contributed by atoms with E-state index in [4.69, 9.17) is 10.5 Å². The maximum Gasteiger partial charge on any atom is 0.153 e. The fraction of sp³-hybridized carbons (Fsp3) is 0.308. The van der Waals surface area contributed by atoms with Crippen LogP contribution in [0, 0.1) is 6.92 Å². The molecule has 1 aromatic carbocycles. The molecule has 0 amide bonds. The van der Waals surface area contributed by atoms with Crippen molar-refractivity contribution in [3.05, 3.63) is 30.0 Å². The second kappa shape index (κ2) is 4.49. The first-order chi connectivity index (χ1) is 8.11. The van der Waals surface area contributed by atoms with Gasteiger partial charge in [-0.15, -0.1) is 0 Å². The molecule has 0 fully saturated rings. The molecule has 4 heteroatoms. The van der Waals surface area contributed by atoms with Crippen molar-refractivity contribution in [3.63, 3.8) is 0 Å². The molecule has 0 atom stereocenters. The summed E-state index contributed by atoms with van der Waals surface area (Å²) >= 11 is 0. The van der Waals surface area contributed by atoms with Gasteiger partial charge in [0.05, 0.1) is 6.61 Å². The average molecular weight is 231 g/mol. The molecule has 0 spiro atoms. The van der Waals surface area contributed by atoms with Crippen molar-refractivity contribution >= 4 is 5.82 Å². The Balaban J connectivity index is 2.41. The Bertz CT molecular complexity index is 531. The van der Waals surface area contributed by atoms with Crippen molar-refractivity contribution in [1.82, 2.24) is 9.78 Å². The summed E-state index contributed by atoms with van der Waals surface area (Å²) in [6.45, 7) is 4.68. The first-order valence-electron chi connectivity index (χ1n) is 5.64. The lowest BCUT2D eigenvalue weighted by Crippen LogP contribution is -1.94. The van der Waals surface area contributed by atoms with Crippen LogP contribution in [0.2, 0.25) is 0 Å². The Morgan fingerprint density at radius 1 is 1.41 bits per heavy atom. The van der Waals surface area contributed by atoms with Crippen molar-refractivity contribution in [3.8, 4) is 16.9 Å². The zero-order valence-corrected chi connectivity index (χ0v) is 10.4. The highest BCUT2D eigenvalue weighted by Crippen LogP contribution is 2.29. The topological polar surface area (TPSA) is 53.1 Å². The van der Waals surface area contributed by atoms with E-state index in [1.807, 2.05) is 39.2 Å². The van der Waals surface area contributed by atoms with Gasteiger partial charge >= 0.3 is 0 Å². The maximum absolute atomic E-state index is 5.86. The number of nitrogen functional groups attached to an aromatic ring is 1. The molecule has 0 radical (unpaired) electrons. The summed E-state index contributed by atoms with van der Waals surface area (Å²) in [7, 11) is 1.86. The molecule has 0 bridgehead atoms. The van der Waals surface area contributed by atoms with Gasteiger partial charge in [-0.25, -0.2) is 0 Å². The molecule has 2 aromatic rings. The molecular formula is C13H17N3O. The van der Waals surface area contributed by atoms with E-state index in [0.717, 1.165) is 22.4 Å². The van der Waals surface area contributed by atoms with E-state index in [0.29, 0.717) is 12.4 Å². The highest BCUT2D eigenvalue weighted by molar-refractivity contribution is 5.74.